The van der Waals surface area contributed by atoms with Crippen LogP contribution in [0.5, 0.6) is 0 Å². The van der Waals surface area contributed by atoms with Crippen LogP contribution < -0.4 is 5.32 Å². The molecule has 8 heteroatoms. The number of rotatable bonds is 5. The summed E-state index contributed by atoms with van der Waals surface area (Å²) in [7, 11) is 1.75. The number of H-pyrrole nitrogens is 1. The molecule has 0 bridgehead atoms. The van der Waals surface area contributed by atoms with Crippen LogP contribution in [0.3, 0.4) is 0 Å². The van der Waals surface area contributed by atoms with E-state index in [9.17, 15) is 8.78 Å². The molecule has 136 valence electrons. The minimum absolute atomic E-state index is 0.106. The zero-order valence-corrected chi connectivity index (χ0v) is 14.3. The van der Waals surface area contributed by atoms with Crippen molar-refractivity contribution < 1.29 is 13.2 Å². The zero-order valence-electron chi connectivity index (χ0n) is 14.3. The predicted octanol–water partition coefficient (Wildman–Crippen LogP) is 3.78. The summed E-state index contributed by atoms with van der Waals surface area (Å²) >= 11 is 0. The highest BCUT2D eigenvalue weighted by Crippen LogP contribution is 2.28. The van der Waals surface area contributed by atoms with Gasteiger partial charge in [-0.05, 0) is 36.9 Å². The van der Waals surface area contributed by atoms with Crippen LogP contribution in [0.1, 0.15) is 17.1 Å². The second-order valence-electron chi connectivity index (χ2n) is 5.90. The fourth-order valence-corrected chi connectivity index (χ4v) is 2.68. The van der Waals surface area contributed by atoms with Crippen molar-refractivity contribution in [3.63, 3.8) is 0 Å². The molecule has 0 saturated carbocycles. The van der Waals surface area contributed by atoms with Gasteiger partial charge in [0.2, 0.25) is 5.89 Å². The monoisotopic (exact) mass is 367 g/mol. The van der Waals surface area contributed by atoms with E-state index in [1.807, 2.05) is 0 Å². The number of nitrogens with one attached hydrogen (secondary N) is 2. The lowest BCUT2D eigenvalue weighted by molar-refractivity contribution is 0.487. The number of halogens is 2. The maximum Gasteiger partial charge on any atom is 0.250 e. The Morgan fingerprint density at radius 1 is 1.11 bits per heavy atom. The lowest BCUT2D eigenvalue weighted by atomic mass is 10.1. The normalized spacial score (nSPS) is 11.7. The summed E-state index contributed by atoms with van der Waals surface area (Å²) in [5.41, 5.74) is 2.19. The van der Waals surface area contributed by atoms with Crippen molar-refractivity contribution in [1.29, 1.82) is 0 Å². The van der Waals surface area contributed by atoms with Gasteiger partial charge in [0.25, 0.3) is 5.89 Å². The summed E-state index contributed by atoms with van der Waals surface area (Å²) in [5.74, 6) is -0.306. The molecular formula is C19H15F2N5O. The van der Waals surface area contributed by atoms with Crippen LogP contribution in [-0.4, -0.2) is 27.4 Å². The molecule has 0 aliphatic carbocycles. The molecule has 27 heavy (non-hydrogen) atoms. The quantitative estimate of drug-likeness (QED) is 0.561. The lowest BCUT2D eigenvalue weighted by Gasteiger charge is -1.99. The summed E-state index contributed by atoms with van der Waals surface area (Å²) in [4.78, 5) is 0. The van der Waals surface area contributed by atoms with E-state index in [2.05, 4.69) is 25.7 Å². The molecule has 2 heterocycles. The van der Waals surface area contributed by atoms with Crippen LogP contribution in [0.25, 0.3) is 34.5 Å². The molecule has 0 amide bonds. The molecule has 0 aliphatic heterocycles. The van der Waals surface area contributed by atoms with Crippen molar-refractivity contribution in [2.24, 2.45) is 0 Å². The molecule has 0 radical (unpaired) electrons. The van der Waals surface area contributed by atoms with Crippen molar-refractivity contribution in [3.05, 3.63) is 65.2 Å². The van der Waals surface area contributed by atoms with Gasteiger partial charge in [0.05, 0.1) is 23.3 Å². The predicted molar refractivity (Wildman–Crippen MR) is 97.4 cm³/mol. The number of hydrogen-bond acceptors (Lipinski definition) is 5. The Kier molecular flexibility index (Phi) is 4.47. The van der Waals surface area contributed by atoms with Gasteiger partial charge in [-0.3, -0.25) is 5.10 Å². The topological polar surface area (TPSA) is 79.6 Å². The molecule has 0 unspecified atom stereocenters. The third kappa shape index (κ3) is 3.47. The van der Waals surface area contributed by atoms with E-state index >= 15 is 0 Å². The van der Waals surface area contributed by atoms with E-state index in [1.165, 1.54) is 18.2 Å². The highest BCUT2D eigenvalue weighted by molar-refractivity contribution is 5.92. The largest absolute Gasteiger partial charge is 0.419 e. The smallest absolute Gasteiger partial charge is 0.250 e. The Labute approximate surface area is 152 Å². The van der Waals surface area contributed by atoms with Gasteiger partial charge in [0.1, 0.15) is 11.6 Å². The summed E-state index contributed by atoms with van der Waals surface area (Å²) in [6.45, 7) is 0.397. The average molecular weight is 367 g/mol. The van der Waals surface area contributed by atoms with Gasteiger partial charge in [-0.15, -0.1) is 10.2 Å². The number of hydrogen-bond donors (Lipinski definition) is 2. The van der Waals surface area contributed by atoms with Gasteiger partial charge in [-0.1, -0.05) is 18.2 Å². The first kappa shape index (κ1) is 17.0. The van der Waals surface area contributed by atoms with Gasteiger partial charge < -0.3 is 9.73 Å². The molecule has 4 aromatic rings. The molecule has 0 aliphatic rings. The van der Waals surface area contributed by atoms with Crippen molar-refractivity contribution in [2.75, 3.05) is 7.05 Å². The Morgan fingerprint density at radius 3 is 2.70 bits per heavy atom. The Morgan fingerprint density at radius 2 is 1.93 bits per heavy atom. The highest BCUT2D eigenvalue weighted by Gasteiger charge is 2.16. The molecule has 0 fully saturated rings. The van der Waals surface area contributed by atoms with Gasteiger partial charge in [0, 0.05) is 11.5 Å². The molecule has 4 rings (SSSR count). The van der Waals surface area contributed by atoms with Crippen molar-refractivity contribution in [2.45, 2.75) is 6.54 Å². The first-order chi connectivity index (χ1) is 13.1. The lowest BCUT2D eigenvalue weighted by Crippen LogP contribution is -2.04. The number of benzene rings is 2. The van der Waals surface area contributed by atoms with E-state index in [0.29, 0.717) is 29.0 Å². The van der Waals surface area contributed by atoms with Gasteiger partial charge in [-0.25, -0.2) is 8.78 Å². The fraction of sp³-hybridized carbons (Fsp3) is 0.105. The van der Waals surface area contributed by atoms with Crippen molar-refractivity contribution in [3.8, 4) is 11.5 Å². The zero-order chi connectivity index (χ0) is 18.8. The van der Waals surface area contributed by atoms with Gasteiger partial charge >= 0.3 is 0 Å². The van der Waals surface area contributed by atoms with Gasteiger partial charge in [-0.2, -0.15) is 5.10 Å². The Balaban J connectivity index is 1.71. The van der Waals surface area contributed by atoms with Crippen molar-refractivity contribution in [1.82, 2.24) is 25.7 Å². The summed E-state index contributed by atoms with van der Waals surface area (Å²) in [6, 6.07) is 9.05. The van der Waals surface area contributed by atoms with Crippen LogP contribution in [-0.2, 0) is 6.54 Å². The molecule has 2 aromatic heterocycles. The Bertz CT molecular complexity index is 1120. The maximum atomic E-state index is 14.5. The number of aromatic nitrogens is 4. The molecular weight excluding hydrogens is 352 g/mol. The average Bonchev–Trinajstić information content (AvgIpc) is 3.27. The number of aromatic amines is 1. The summed E-state index contributed by atoms with van der Waals surface area (Å²) in [6.07, 6.45) is 3.57. The van der Waals surface area contributed by atoms with Crippen LogP contribution in [0.15, 0.2) is 40.8 Å². The third-order valence-electron chi connectivity index (χ3n) is 4.01. The first-order valence-electron chi connectivity index (χ1n) is 8.22. The third-order valence-corrected chi connectivity index (χ3v) is 4.01. The minimum Gasteiger partial charge on any atom is -0.419 e. The Hall–Kier alpha value is -3.39. The SMILES string of the molecule is CNCc1nnc(-c2cc3c(C=Cc4ccc(F)cc4)n[nH]c3cc2F)o1. The summed E-state index contributed by atoms with van der Waals surface area (Å²) in [5, 5.41) is 18.4. The second kappa shape index (κ2) is 7.08. The summed E-state index contributed by atoms with van der Waals surface area (Å²) < 4.78 is 32.9. The van der Waals surface area contributed by atoms with E-state index in [0.717, 1.165) is 5.56 Å². The van der Waals surface area contributed by atoms with Crippen LogP contribution in [0.2, 0.25) is 0 Å². The standard InChI is InChI=1S/C19H15F2N5O/c1-22-10-18-25-26-19(27-18)13-8-14-16(23-24-17(14)9-15(13)21)7-4-11-2-5-12(20)6-3-11/h2-9,22H,10H2,1H3,(H,23,24). The van der Waals surface area contributed by atoms with E-state index in [1.54, 1.807) is 37.4 Å². The van der Waals surface area contributed by atoms with Crippen molar-refractivity contribution >= 4 is 23.1 Å². The molecule has 0 saturated heterocycles. The molecule has 6 nitrogen and oxygen atoms in total. The number of nitrogens with zero attached hydrogens (tertiary/aromatic N) is 3. The highest BCUT2D eigenvalue weighted by atomic mass is 19.1. The van der Waals surface area contributed by atoms with Gasteiger partial charge in [0.15, 0.2) is 0 Å². The van der Waals surface area contributed by atoms with Crippen LogP contribution in [0.4, 0.5) is 8.78 Å². The minimum atomic E-state index is -0.486. The maximum absolute atomic E-state index is 14.5. The van der Waals surface area contributed by atoms with Crippen LogP contribution >= 0.6 is 0 Å². The van der Waals surface area contributed by atoms with E-state index in [-0.39, 0.29) is 17.3 Å². The van der Waals surface area contributed by atoms with Crippen LogP contribution in [0, 0.1) is 11.6 Å². The molecule has 0 atom stereocenters. The number of fused-ring (bicyclic) bond motifs is 1. The molecule has 0 spiro atoms. The first-order valence-corrected chi connectivity index (χ1v) is 8.22. The van der Waals surface area contributed by atoms with E-state index < -0.39 is 5.82 Å². The molecule has 2 aromatic carbocycles. The fourth-order valence-electron chi connectivity index (χ4n) is 2.68. The van der Waals surface area contributed by atoms with E-state index in [4.69, 9.17) is 4.42 Å². The second-order valence-corrected chi connectivity index (χ2v) is 5.90. The molecule has 2 N–H and O–H groups in total.